The van der Waals surface area contributed by atoms with E-state index >= 15 is 0 Å². The molecule has 1 fully saturated rings. The number of hydrogen-bond donors (Lipinski definition) is 1. The Labute approximate surface area is 174 Å². The molecule has 2 amide bonds. The van der Waals surface area contributed by atoms with E-state index < -0.39 is 5.97 Å². The first-order valence-corrected chi connectivity index (χ1v) is 9.63. The standard InChI is InChI=1S/C21H22ClN3O4/c1-15(26)23-18-6-2-4-16(12-18)21(28)29-14-20(27)25-10-8-24(9-11-25)19-7-3-5-17(22)13-19/h2-7,12-13H,8-11,14H2,1H3,(H,23,26). The molecule has 1 N–H and O–H groups in total. The van der Waals surface area contributed by atoms with Gasteiger partial charge in [-0.1, -0.05) is 23.7 Å². The van der Waals surface area contributed by atoms with E-state index in [9.17, 15) is 14.4 Å². The summed E-state index contributed by atoms with van der Waals surface area (Å²) in [6.45, 7) is 3.51. The Balaban J connectivity index is 1.49. The minimum Gasteiger partial charge on any atom is -0.452 e. The van der Waals surface area contributed by atoms with E-state index in [1.165, 1.54) is 13.0 Å². The lowest BCUT2D eigenvalue weighted by atomic mass is 10.2. The molecule has 0 unspecified atom stereocenters. The molecule has 8 heteroatoms. The molecule has 1 aliphatic rings. The van der Waals surface area contributed by atoms with Crippen molar-refractivity contribution in [2.45, 2.75) is 6.92 Å². The first kappa shape index (κ1) is 20.7. The zero-order chi connectivity index (χ0) is 20.8. The highest BCUT2D eigenvalue weighted by molar-refractivity contribution is 6.30. The van der Waals surface area contributed by atoms with E-state index in [4.69, 9.17) is 16.3 Å². The molecule has 29 heavy (non-hydrogen) atoms. The van der Waals surface area contributed by atoms with Crippen LogP contribution in [0.5, 0.6) is 0 Å². The maximum absolute atomic E-state index is 12.4. The molecule has 7 nitrogen and oxygen atoms in total. The largest absolute Gasteiger partial charge is 0.452 e. The third-order valence-electron chi connectivity index (χ3n) is 4.55. The first-order valence-electron chi connectivity index (χ1n) is 9.25. The fourth-order valence-electron chi connectivity index (χ4n) is 3.12. The predicted molar refractivity (Wildman–Crippen MR) is 111 cm³/mol. The molecule has 1 aliphatic heterocycles. The van der Waals surface area contributed by atoms with Crippen LogP contribution < -0.4 is 10.2 Å². The third-order valence-corrected chi connectivity index (χ3v) is 4.79. The second-order valence-electron chi connectivity index (χ2n) is 6.69. The van der Waals surface area contributed by atoms with Gasteiger partial charge in [-0.25, -0.2) is 4.79 Å². The van der Waals surface area contributed by atoms with Crippen molar-refractivity contribution in [3.63, 3.8) is 0 Å². The van der Waals surface area contributed by atoms with Crippen LogP contribution in [0.2, 0.25) is 5.02 Å². The minimum atomic E-state index is -0.608. The number of rotatable bonds is 5. The Hall–Kier alpha value is -3.06. The number of hydrogen-bond acceptors (Lipinski definition) is 5. The van der Waals surface area contributed by atoms with Crippen molar-refractivity contribution in [2.24, 2.45) is 0 Å². The number of amides is 2. The van der Waals surface area contributed by atoms with Crippen molar-refractivity contribution in [3.8, 4) is 0 Å². The summed E-state index contributed by atoms with van der Waals surface area (Å²) < 4.78 is 5.16. The van der Waals surface area contributed by atoms with E-state index in [0.717, 1.165) is 5.69 Å². The Bertz CT molecular complexity index is 910. The summed E-state index contributed by atoms with van der Waals surface area (Å²) in [4.78, 5) is 39.6. The van der Waals surface area contributed by atoms with Gasteiger partial charge >= 0.3 is 5.97 Å². The van der Waals surface area contributed by atoms with Gasteiger partial charge in [0.15, 0.2) is 6.61 Å². The summed E-state index contributed by atoms with van der Waals surface area (Å²) in [5, 5.41) is 3.28. The molecule has 0 spiro atoms. The van der Waals surface area contributed by atoms with Crippen molar-refractivity contribution >= 4 is 40.8 Å². The average Bonchev–Trinajstić information content (AvgIpc) is 2.71. The van der Waals surface area contributed by atoms with Crippen LogP contribution in [0.25, 0.3) is 0 Å². The van der Waals surface area contributed by atoms with Crippen molar-refractivity contribution < 1.29 is 19.1 Å². The van der Waals surface area contributed by atoms with Crippen molar-refractivity contribution in [1.82, 2.24) is 4.90 Å². The number of benzene rings is 2. The summed E-state index contributed by atoms with van der Waals surface area (Å²) in [7, 11) is 0. The van der Waals surface area contributed by atoms with Crippen LogP contribution in [-0.4, -0.2) is 55.5 Å². The molecular formula is C21H22ClN3O4. The van der Waals surface area contributed by atoms with E-state index in [1.54, 1.807) is 23.1 Å². The molecule has 152 valence electrons. The van der Waals surface area contributed by atoms with Gasteiger partial charge in [-0.3, -0.25) is 9.59 Å². The summed E-state index contributed by atoms with van der Waals surface area (Å²) in [5.41, 5.74) is 1.79. The lowest BCUT2D eigenvalue weighted by Crippen LogP contribution is -2.49. The highest BCUT2D eigenvalue weighted by Gasteiger charge is 2.22. The summed E-state index contributed by atoms with van der Waals surface area (Å²) in [6, 6.07) is 14.0. The van der Waals surface area contributed by atoms with Gasteiger partial charge < -0.3 is 19.9 Å². The third kappa shape index (κ3) is 5.71. The zero-order valence-electron chi connectivity index (χ0n) is 16.1. The molecule has 0 atom stereocenters. The number of piperazine rings is 1. The zero-order valence-corrected chi connectivity index (χ0v) is 16.8. The van der Waals surface area contributed by atoms with Gasteiger partial charge in [-0.15, -0.1) is 0 Å². The molecule has 3 rings (SSSR count). The number of carbonyl (C=O) groups is 3. The molecule has 0 bridgehead atoms. The summed E-state index contributed by atoms with van der Waals surface area (Å²) in [5.74, 6) is -1.08. The van der Waals surface area contributed by atoms with E-state index in [2.05, 4.69) is 10.2 Å². The maximum Gasteiger partial charge on any atom is 0.338 e. The molecule has 1 heterocycles. The second kappa shape index (κ2) is 9.43. The minimum absolute atomic E-state index is 0.234. The molecular weight excluding hydrogens is 394 g/mol. The smallest absolute Gasteiger partial charge is 0.338 e. The van der Waals surface area contributed by atoms with Crippen molar-refractivity contribution in [3.05, 3.63) is 59.1 Å². The fraction of sp³-hybridized carbons (Fsp3) is 0.286. The predicted octanol–water partition coefficient (Wildman–Crippen LogP) is 2.80. The fourth-order valence-corrected chi connectivity index (χ4v) is 3.30. The van der Waals surface area contributed by atoms with Gasteiger partial charge in [0.1, 0.15) is 0 Å². The van der Waals surface area contributed by atoms with Crippen LogP contribution in [0.15, 0.2) is 48.5 Å². The normalized spacial score (nSPS) is 13.7. The quantitative estimate of drug-likeness (QED) is 0.760. The number of halogens is 1. The number of esters is 1. The number of anilines is 2. The Kier molecular flexibility index (Phi) is 6.72. The van der Waals surface area contributed by atoms with E-state index in [-0.39, 0.29) is 24.0 Å². The maximum atomic E-state index is 12.4. The molecule has 0 aromatic heterocycles. The van der Waals surface area contributed by atoms with Crippen LogP contribution in [0.4, 0.5) is 11.4 Å². The van der Waals surface area contributed by atoms with Crippen molar-refractivity contribution in [2.75, 3.05) is 43.0 Å². The number of ether oxygens (including phenoxy) is 1. The lowest BCUT2D eigenvalue weighted by molar-refractivity contribution is -0.134. The van der Waals surface area contributed by atoms with Gasteiger partial charge in [-0.05, 0) is 36.4 Å². The van der Waals surface area contributed by atoms with Crippen LogP contribution >= 0.6 is 11.6 Å². The van der Waals surface area contributed by atoms with Crippen LogP contribution in [0.3, 0.4) is 0 Å². The lowest BCUT2D eigenvalue weighted by Gasteiger charge is -2.36. The average molecular weight is 416 g/mol. The molecule has 0 saturated carbocycles. The van der Waals surface area contributed by atoms with Gasteiger partial charge in [0.05, 0.1) is 5.56 Å². The van der Waals surface area contributed by atoms with Crippen LogP contribution in [0, 0.1) is 0 Å². The number of nitrogens with zero attached hydrogens (tertiary/aromatic N) is 2. The highest BCUT2D eigenvalue weighted by atomic mass is 35.5. The molecule has 0 aliphatic carbocycles. The summed E-state index contributed by atoms with van der Waals surface area (Å²) in [6.07, 6.45) is 0. The molecule has 1 saturated heterocycles. The molecule has 2 aromatic carbocycles. The molecule has 2 aromatic rings. The SMILES string of the molecule is CC(=O)Nc1cccc(C(=O)OCC(=O)N2CCN(c3cccc(Cl)c3)CC2)c1. The second-order valence-corrected chi connectivity index (χ2v) is 7.12. The van der Waals surface area contributed by atoms with Gasteiger partial charge in [0.25, 0.3) is 5.91 Å². The van der Waals surface area contributed by atoms with E-state index in [1.807, 2.05) is 24.3 Å². The topological polar surface area (TPSA) is 78.9 Å². The van der Waals surface area contributed by atoms with Crippen molar-refractivity contribution in [1.29, 1.82) is 0 Å². The number of carbonyl (C=O) groups excluding carboxylic acids is 3. The monoisotopic (exact) mass is 415 g/mol. The number of nitrogens with one attached hydrogen (secondary N) is 1. The molecule has 0 radical (unpaired) electrons. The highest BCUT2D eigenvalue weighted by Crippen LogP contribution is 2.21. The Morgan fingerprint density at radius 1 is 1.03 bits per heavy atom. The Morgan fingerprint density at radius 2 is 1.76 bits per heavy atom. The Morgan fingerprint density at radius 3 is 2.45 bits per heavy atom. The van der Waals surface area contributed by atoms with Gasteiger partial charge in [0.2, 0.25) is 5.91 Å². The van der Waals surface area contributed by atoms with Gasteiger partial charge in [0, 0.05) is 49.5 Å². The van der Waals surface area contributed by atoms with Crippen LogP contribution in [-0.2, 0) is 14.3 Å². The van der Waals surface area contributed by atoms with Gasteiger partial charge in [-0.2, -0.15) is 0 Å². The van der Waals surface area contributed by atoms with Crippen LogP contribution in [0.1, 0.15) is 17.3 Å². The van der Waals surface area contributed by atoms with E-state index in [0.29, 0.717) is 36.9 Å². The summed E-state index contributed by atoms with van der Waals surface area (Å²) >= 11 is 6.04. The first-order chi connectivity index (χ1) is 13.9.